The average molecular weight is 657 g/mol. The van der Waals surface area contributed by atoms with E-state index in [1.165, 1.54) is 205 Å². The van der Waals surface area contributed by atoms with Gasteiger partial charge in [-0.05, 0) is 0 Å². The first kappa shape index (κ1) is 43.4. The molecule has 0 aromatic heterocycles. The van der Waals surface area contributed by atoms with Gasteiger partial charge in [-0.2, -0.15) is 0 Å². The molecule has 0 nitrogen and oxygen atoms in total. The van der Waals surface area contributed by atoms with Gasteiger partial charge < -0.3 is 0 Å². The van der Waals surface area contributed by atoms with Crippen LogP contribution in [0, 0.1) is 0 Å². The molecule has 0 unspecified atom stereocenters. The van der Waals surface area contributed by atoms with Gasteiger partial charge in [0, 0.05) is 0 Å². The van der Waals surface area contributed by atoms with Gasteiger partial charge in [0.2, 0.25) is 0 Å². The van der Waals surface area contributed by atoms with Crippen molar-refractivity contribution in [3.63, 3.8) is 0 Å². The summed E-state index contributed by atoms with van der Waals surface area (Å²) in [5.74, 6) is 0. The van der Waals surface area contributed by atoms with E-state index in [9.17, 15) is 0 Å². The van der Waals surface area contributed by atoms with Gasteiger partial charge in [-0.3, -0.25) is 0 Å². The van der Waals surface area contributed by atoms with Gasteiger partial charge in [0.15, 0.2) is 0 Å². The predicted molar refractivity (Wildman–Crippen MR) is 218 cm³/mol. The van der Waals surface area contributed by atoms with E-state index in [2.05, 4.69) is 56.8 Å². The van der Waals surface area contributed by atoms with Crippen LogP contribution in [0.3, 0.4) is 0 Å². The first-order chi connectivity index (χ1) is 22.8. The number of rotatable bonds is 37. The van der Waals surface area contributed by atoms with Crippen LogP contribution in [0.15, 0.2) is 43.0 Å². The monoisotopic (exact) mass is 657 g/mol. The Balaban J connectivity index is 2.56. The molecule has 0 aliphatic rings. The summed E-state index contributed by atoms with van der Waals surface area (Å²) in [6.45, 7) is 8.51. The second-order valence-electron chi connectivity index (χ2n) is 15.4. The van der Waals surface area contributed by atoms with Gasteiger partial charge in [0.1, 0.15) is 0 Å². The first-order valence-corrected chi connectivity index (χ1v) is 24.2. The molecule has 270 valence electrons. The van der Waals surface area contributed by atoms with E-state index >= 15 is 0 Å². The SMILES string of the molecule is C=CCCCCCCCCCCCC[PH](CCCCCCCCCCCC)(CCCCCCCCCCCC)Cc1ccccc1. The summed E-state index contributed by atoms with van der Waals surface area (Å²) in [4.78, 5) is 0. The van der Waals surface area contributed by atoms with Crippen LogP contribution in [0.4, 0.5) is 0 Å². The van der Waals surface area contributed by atoms with Crippen molar-refractivity contribution in [2.45, 2.75) is 219 Å². The van der Waals surface area contributed by atoms with E-state index < -0.39 is 7.26 Å². The molecule has 0 fully saturated rings. The van der Waals surface area contributed by atoms with Crippen molar-refractivity contribution < 1.29 is 0 Å². The van der Waals surface area contributed by atoms with Crippen molar-refractivity contribution in [1.82, 2.24) is 0 Å². The Hall–Kier alpha value is -0.610. The average Bonchev–Trinajstić information content (AvgIpc) is 3.07. The minimum absolute atomic E-state index is 1.20. The molecule has 0 atom stereocenters. The maximum absolute atomic E-state index is 3.86. The van der Waals surface area contributed by atoms with Crippen molar-refractivity contribution in [3.8, 4) is 0 Å². The zero-order valence-corrected chi connectivity index (χ0v) is 32.9. The Labute approximate surface area is 292 Å². The van der Waals surface area contributed by atoms with Crippen molar-refractivity contribution in [1.29, 1.82) is 0 Å². The molecule has 0 saturated carbocycles. The van der Waals surface area contributed by atoms with E-state index in [1.54, 1.807) is 24.0 Å². The summed E-state index contributed by atoms with van der Waals surface area (Å²) in [7, 11) is -1.32. The van der Waals surface area contributed by atoms with Gasteiger partial charge in [-0.1, -0.05) is 6.08 Å². The molecule has 0 heterocycles. The van der Waals surface area contributed by atoms with E-state index in [-0.39, 0.29) is 0 Å². The molecule has 0 saturated heterocycles. The Bertz CT molecular complexity index is 700. The molecule has 0 aliphatic carbocycles. The Kier molecular flexibility index (Phi) is 32.3. The van der Waals surface area contributed by atoms with E-state index in [4.69, 9.17) is 0 Å². The first-order valence-electron chi connectivity index (χ1n) is 21.4. The van der Waals surface area contributed by atoms with Gasteiger partial charge in [0.25, 0.3) is 0 Å². The van der Waals surface area contributed by atoms with Crippen LogP contribution in [-0.2, 0) is 6.16 Å². The molecular formula is C45H85P. The fraction of sp³-hybridized carbons (Fsp3) is 0.822. The van der Waals surface area contributed by atoms with Gasteiger partial charge in [-0.15, -0.1) is 6.58 Å². The molecule has 0 spiro atoms. The minimum atomic E-state index is -1.32. The molecule has 1 aromatic carbocycles. The van der Waals surface area contributed by atoms with Gasteiger partial charge in [-0.25, -0.2) is 0 Å². The Morgan fingerprint density at radius 1 is 0.413 bits per heavy atom. The predicted octanol–water partition coefficient (Wildman–Crippen LogP) is 16.3. The Morgan fingerprint density at radius 3 is 1.04 bits per heavy atom. The zero-order valence-electron chi connectivity index (χ0n) is 31.9. The normalized spacial score (nSPS) is 12.1. The molecule has 1 aromatic rings. The van der Waals surface area contributed by atoms with E-state index in [1.807, 2.05) is 0 Å². The maximum atomic E-state index is 3.86. The topological polar surface area (TPSA) is 0 Å². The third kappa shape index (κ3) is 27.4. The van der Waals surface area contributed by atoms with Crippen LogP contribution < -0.4 is 0 Å². The number of hydrogen-bond donors (Lipinski definition) is 0. The summed E-state index contributed by atoms with van der Waals surface area (Å²) in [5, 5.41) is 0. The van der Waals surface area contributed by atoms with Crippen molar-refractivity contribution in [2.24, 2.45) is 0 Å². The van der Waals surface area contributed by atoms with E-state index in [0.29, 0.717) is 0 Å². The quantitative estimate of drug-likeness (QED) is 0.0380. The second kappa shape index (κ2) is 34.3. The molecule has 1 rings (SSSR count). The summed E-state index contributed by atoms with van der Waals surface area (Å²) in [6, 6.07) is 11.7. The third-order valence-corrected chi connectivity index (χ3v) is 16.3. The van der Waals surface area contributed by atoms with Crippen LogP contribution in [-0.4, -0.2) is 18.5 Å². The summed E-state index contributed by atoms with van der Waals surface area (Å²) in [5.41, 5.74) is 1.65. The summed E-state index contributed by atoms with van der Waals surface area (Å²) in [6.07, 6.45) is 53.3. The number of hydrogen-bond acceptors (Lipinski definition) is 0. The third-order valence-electron chi connectivity index (χ3n) is 10.9. The van der Waals surface area contributed by atoms with Crippen LogP contribution in [0.2, 0.25) is 0 Å². The fourth-order valence-corrected chi connectivity index (χ4v) is 13.2. The Morgan fingerprint density at radius 2 is 0.717 bits per heavy atom. The summed E-state index contributed by atoms with van der Waals surface area (Å²) >= 11 is 0. The standard InChI is InChI=1S/C45H85P/c1-4-7-10-13-16-19-22-23-26-29-32-38-43-46(44-45-39-34-33-35-40-45,41-36-30-27-24-20-17-14-11-8-5-2)42-37-31-28-25-21-18-15-12-9-6-3/h4,33-35,39-40,46H,1,5-32,36-38,41-44H2,2-3H3. The van der Waals surface area contributed by atoms with Crippen LogP contribution in [0.25, 0.3) is 0 Å². The number of allylic oxidation sites excluding steroid dienone is 1. The van der Waals surface area contributed by atoms with Gasteiger partial charge in [0.05, 0.1) is 0 Å². The fourth-order valence-electron chi connectivity index (χ4n) is 7.85. The summed E-state index contributed by atoms with van der Waals surface area (Å²) < 4.78 is 0. The molecule has 0 aliphatic heterocycles. The van der Waals surface area contributed by atoms with Crippen molar-refractivity contribution >= 4 is 7.26 Å². The molecule has 1 heteroatoms. The van der Waals surface area contributed by atoms with Gasteiger partial charge >= 0.3 is 281 Å². The zero-order chi connectivity index (χ0) is 33.1. The molecule has 0 bridgehead atoms. The molecule has 0 N–H and O–H groups in total. The molecule has 46 heavy (non-hydrogen) atoms. The van der Waals surface area contributed by atoms with E-state index in [0.717, 1.165) is 0 Å². The van der Waals surface area contributed by atoms with Crippen molar-refractivity contribution in [3.05, 3.63) is 48.6 Å². The second-order valence-corrected chi connectivity index (χ2v) is 20.2. The van der Waals surface area contributed by atoms with Crippen LogP contribution >= 0.6 is 7.26 Å². The van der Waals surface area contributed by atoms with Crippen LogP contribution in [0.5, 0.6) is 0 Å². The molecule has 0 amide bonds. The van der Waals surface area contributed by atoms with Crippen LogP contribution in [0.1, 0.15) is 218 Å². The number of benzene rings is 1. The molecule has 0 radical (unpaired) electrons. The number of unbranched alkanes of at least 4 members (excludes halogenated alkanes) is 28. The van der Waals surface area contributed by atoms with Crippen molar-refractivity contribution in [2.75, 3.05) is 18.5 Å². The molecular weight excluding hydrogens is 571 g/mol.